The van der Waals surface area contributed by atoms with E-state index in [1.807, 2.05) is 11.7 Å². The second-order valence-corrected chi connectivity index (χ2v) is 5.58. The average molecular weight is 224 g/mol. The van der Waals surface area contributed by atoms with E-state index in [1.54, 1.807) is 11.3 Å². The zero-order valence-electron chi connectivity index (χ0n) is 10.0. The van der Waals surface area contributed by atoms with Crippen molar-refractivity contribution in [2.45, 2.75) is 39.7 Å². The van der Waals surface area contributed by atoms with Crippen LogP contribution < -0.4 is 5.32 Å². The van der Waals surface area contributed by atoms with Crippen molar-refractivity contribution >= 4 is 17.4 Å². The molecule has 0 unspecified atom stereocenters. The van der Waals surface area contributed by atoms with Crippen LogP contribution in [-0.2, 0) is 0 Å². The zero-order chi connectivity index (χ0) is 11.3. The van der Waals surface area contributed by atoms with Crippen LogP contribution in [0.2, 0.25) is 0 Å². The van der Waals surface area contributed by atoms with Gasteiger partial charge in [-0.05, 0) is 33.3 Å². The molecule has 0 spiro atoms. The molecule has 0 saturated carbocycles. The molecule has 1 aromatic heterocycles. The quantitative estimate of drug-likeness (QED) is 0.848. The van der Waals surface area contributed by atoms with Crippen molar-refractivity contribution in [3.05, 3.63) is 22.2 Å². The lowest BCUT2D eigenvalue weighted by atomic mass is 10.1. The summed E-state index contributed by atoms with van der Waals surface area (Å²) in [5, 5.41) is 3.50. The molecule has 84 valence electrons. The minimum absolute atomic E-state index is 0.182. The fourth-order valence-corrected chi connectivity index (χ4v) is 1.75. The third-order valence-corrected chi connectivity index (χ3v) is 2.82. The Labute approximate surface area is 96.4 Å². The molecule has 3 heteroatoms. The van der Waals surface area contributed by atoms with Crippen molar-refractivity contribution in [3.63, 3.8) is 0 Å². The van der Waals surface area contributed by atoms with Crippen LogP contribution in [0.4, 0.5) is 0 Å². The van der Waals surface area contributed by atoms with Crippen LogP contribution in [0.3, 0.4) is 0 Å². The lowest BCUT2D eigenvalue weighted by Gasteiger charge is -2.21. The molecule has 0 aliphatic carbocycles. The van der Waals surface area contributed by atoms with Gasteiger partial charge in [0.2, 0.25) is 0 Å². The van der Waals surface area contributed by atoms with Gasteiger partial charge < -0.3 is 5.32 Å². The normalized spacial score (nSPS) is 13.2. The molecule has 0 aromatic carbocycles. The van der Waals surface area contributed by atoms with Gasteiger partial charge in [0, 0.05) is 23.2 Å². The standard InChI is InChI=1S/C12H20N2S/c1-5-10(7-14-12(2,3)4)6-11-8-13-9-15-11/h6,8-9,14H,5,7H2,1-4H3. The topological polar surface area (TPSA) is 24.9 Å². The molecule has 0 aliphatic heterocycles. The predicted octanol–water partition coefficient (Wildman–Crippen LogP) is 3.32. The maximum absolute atomic E-state index is 4.07. The van der Waals surface area contributed by atoms with Crippen molar-refractivity contribution in [2.75, 3.05) is 6.54 Å². The summed E-state index contributed by atoms with van der Waals surface area (Å²) in [6.45, 7) is 9.71. The molecule has 0 fully saturated rings. The van der Waals surface area contributed by atoms with Gasteiger partial charge in [-0.3, -0.25) is 4.98 Å². The minimum atomic E-state index is 0.182. The zero-order valence-corrected chi connectivity index (χ0v) is 10.8. The Hall–Kier alpha value is -0.670. The van der Waals surface area contributed by atoms with Crippen LogP contribution in [0.5, 0.6) is 0 Å². The Kier molecular flexibility index (Phi) is 4.48. The third kappa shape index (κ3) is 5.09. The van der Waals surface area contributed by atoms with Crippen LogP contribution in [-0.4, -0.2) is 17.1 Å². The highest BCUT2D eigenvalue weighted by molar-refractivity contribution is 7.10. The molecule has 0 amide bonds. The predicted molar refractivity (Wildman–Crippen MR) is 68.1 cm³/mol. The summed E-state index contributed by atoms with van der Waals surface area (Å²) in [4.78, 5) is 5.31. The highest BCUT2D eigenvalue weighted by atomic mass is 32.1. The van der Waals surface area contributed by atoms with Gasteiger partial charge in [0.05, 0.1) is 5.51 Å². The van der Waals surface area contributed by atoms with Crippen LogP contribution in [0.15, 0.2) is 17.3 Å². The largest absolute Gasteiger partial charge is 0.308 e. The smallest absolute Gasteiger partial charge is 0.0797 e. The maximum Gasteiger partial charge on any atom is 0.0797 e. The number of nitrogens with zero attached hydrogens (tertiary/aromatic N) is 1. The molecular formula is C12H20N2S. The van der Waals surface area contributed by atoms with Crippen LogP contribution in [0.25, 0.3) is 6.08 Å². The molecule has 0 saturated heterocycles. The number of nitrogens with one attached hydrogen (secondary N) is 1. The van der Waals surface area contributed by atoms with E-state index in [4.69, 9.17) is 0 Å². The first kappa shape index (κ1) is 12.4. The van der Waals surface area contributed by atoms with Crippen LogP contribution in [0, 0.1) is 0 Å². The van der Waals surface area contributed by atoms with E-state index < -0.39 is 0 Å². The lowest BCUT2D eigenvalue weighted by molar-refractivity contribution is 0.443. The van der Waals surface area contributed by atoms with Gasteiger partial charge in [0.1, 0.15) is 0 Å². The van der Waals surface area contributed by atoms with Gasteiger partial charge in [0.15, 0.2) is 0 Å². The lowest BCUT2D eigenvalue weighted by Crippen LogP contribution is -2.36. The van der Waals surface area contributed by atoms with Gasteiger partial charge in [-0.2, -0.15) is 0 Å². The molecule has 0 radical (unpaired) electrons. The van der Waals surface area contributed by atoms with E-state index in [0.717, 1.165) is 13.0 Å². The fourth-order valence-electron chi connectivity index (χ4n) is 1.15. The molecule has 0 aliphatic rings. The average Bonchev–Trinajstić information content (AvgIpc) is 2.63. The first-order chi connectivity index (χ1) is 7.01. The number of thiazole rings is 1. The maximum atomic E-state index is 4.07. The Morgan fingerprint density at radius 1 is 1.53 bits per heavy atom. The van der Waals surface area contributed by atoms with Crippen molar-refractivity contribution in [2.24, 2.45) is 0 Å². The monoisotopic (exact) mass is 224 g/mol. The van der Waals surface area contributed by atoms with Crippen molar-refractivity contribution in [1.82, 2.24) is 10.3 Å². The molecule has 0 atom stereocenters. The third-order valence-electron chi connectivity index (χ3n) is 2.10. The van der Waals surface area contributed by atoms with E-state index in [2.05, 4.69) is 44.1 Å². The Morgan fingerprint density at radius 3 is 2.73 bits per heavy atom. The number of hydrogen-bond acceptors (Lipinski definition) is 3. The summed E-state index contributed by atoms with van der Waals surface area (Å²) in [5.41, 5.74) is 3.48. The summed E-state index contributed by atoms with van der Waals surface area (Å²) < 4.78 is 0. The molecule has 15 heavy (non-hydrogen) atoms. The minimum Gasteiger partial charge on any atom is -0.308 e. The van der Waals surface area contributed by atoms with Gasteiger partial charge in [-0.1, -0.05) is 12.5 Å². The summed E-state index contributed by atoms with van der Waals surface area (Å²) in [6.07, 6.45) is 5.23. The first-order valence-corrected chi connectivity index (χ1v) is 6.22. The van der Waals surface area contributed by atoms with Crippen molar-refractivity contribution in [3.8, 4) is 0 Å². The second-order valence-electron chi connectivity index (χ2n) is 4.66. The number of rotatable bonds is 4. The molecule has 0 bridgehead atoms. The van der Waals surface area contributed by atoms with Crippen LogP contribution >= 0.6 is 11.3 Å². The van der Waals surface area contributed by atoms with Gasteiger partial charge in [0.25, 0.3) is 0 Å². The van der Waals surface area contributed by atoms with Gasteiger partial charge >= 0.3 is 0 Å². The fraction of sp³-hybridized carbons (Fsp3) is 0.583. The highest BCUT2D eigenvalue weighted by Gasteiger charge is 2.08. The molecule has 1 N–H and O–H groups in total. The van der Waals surface area contributed by atoms with E-state index in [9.17, 15) is 0 Å². The summed E-state index contributed by atoms with van der Waals surface area (Å²) >= 11 is 1.68. The first-order valence-electron chi connectivity index (χ1n) is 5.34. The van der Waals surface area contributed by atoms with E-state index in [-0.39, 0.29) is 5.54 Å². The van der Waals surface area contributed by atoms with Crippen LogP contribution in [0.1, 0.15) is 39.0 Å². The highest BCUT2D eigenvalue weighted by Crippen LogP contribution is 2.13. The van der Waals surface area contributed by atoms with E-state index in [1.165, 1.54) is 10.5 Å². The van der Waals surface area contributed by atoms with Gasteiger partial charge in [-0.25, -0.2) is 0 Å². The Bertz CT molecular complexity index is 307. The van der Waals surface area contributed by atoms with Crippen molar-refractivity contribution < 1.29 is 0 Å². The Balaban J connectivity index is 2.57. The molecule has 1 heterocycles. The Morgan fingerprint density at radius 2 is 2.27 bits per heavy atom. The van der Waals surface area contributed by atoms with E-state index in [0.29, 0.717) is 0 Å². The van der Waals surface area contributed by atoms with Gasteiger partial charge in [-0.15, -0.1) is 11.3 Å². The molecule has 1 rings (SSSR count). The summed E-state index contributed by atoms with van der Waals surface area (Å²) in [7, 11) is 0. The molecular weight excluding hydrogens is 204 g/mol. The number of hydrogen-bond donors (Lipinski definition) is 1. The van der Waals surface area contributed by atoms with E-state index >= 15 is 0 Å². The van der Waals surface area contributed by atoms with Crippen molar-refractivity contribution in [1.29, 1.82) is 0 Å². The molecule has 2 nitrogen and oxygen atoms in total. The second kappa shape index (κ2) is 5.42. The number of aromatic nitrogens is 1. The molecule has 1 aromatic rings. The summed E-state index contributed by atoms with van der Waals surface area (Å²) in [6, 6.07) is 0. The SMILES string of the molecule is CCC(=Cc1cncs1)CNC(C)(C)C. The summed E-state index contributed by atoms with van der Waals surface area (Å²) in [5.74, 6) is 0.